The minimum atomic E-state index is -0.965. The molecule has 2 fully saturated rings. The van der Waals surface area contributed by atoms with Gasteiger partial charge in [-0.1, -0.05) is 12.1 Å². The Morgan fingerprint density at radius 2 is 2.17 bits per heavy atom. The number of ether oxygens (including phenoxy) is 2. The van der Waals surface area contributed by atoms with Crippen LogP contribution in [0.25, 0.3) is 0 Å². The number of aryl methyl sites for hydroxylation is 2. The van der Waals surface area contributed by atoms with Crippen molar-refractivity contribution in [3.63, 3.8) is 0 Å². The van der Waals surface area contributed by atoms with E-state index in [1.54, 1.807) is 6.07 Å². The highest BCUT2D eigenvalue weighted by Crippen LogP contribution is 2.37. The highest BCUT2D eigenvalue weighted by atomic mass is 19.1. The average Bonchev–Trinajstić information content (AvgIpc) is 3.57. The van der Waals surface area contributed by atoms with Crippen molar-refractivity contribution in [1.29, 1.82) is 0 Å². The molecule has 0 aliphatic carbocycles. The van der Waals surface area contributed by atoms with Crippen LogP contribution in [0.5, 0.6) is 0 Å². The van der Waals surface area contributed by atoms with Gasteiger partial charge < -0.3 is 19.9 Å². The predicted molar refractivity (Wildman–Crippen MR) is 135 cm³/mol. The number of hydrogen-bond donors (Lipinski definition) is 2. The van der Waals surface area contributed by atoms with E-state index in [4.69, 9.17) is 14.5 Å². The van der Waals surface area contributed by atoms with E-state index in [1.807, 2.05) is 4.90 Å². The third-order valence-corrected chi connectivity index (χ3v) is 7.53. The van der Waals surface area contributed by atoms with Gasteiger partial charge in [0.25, 0.3) is 0 Å². The van der Waals surface area contributed by atoms with Crippen LogP contribution in [0.4, 0.5) is 10.2 Å². The highest BCUT2D eigenvalue weighted by molar-refractivity contribution is 5.76. The van der Waals surface area contributed by atoms with E-state index >= 15 is 0 Å². The summed E-state index contributed by atoms with van der Waals surface area (Å²) >= 11 is 0. The Kier molecular flexibility index (Phi) is 8.14. The molecule has 194 valence electrons. The van der Waals surface area contributed by atoms with Gasteiger partial charge in [0.1, 0.15) is 17.7 Å². The Hall–Kier alpha value is -2.55. The summed E-state index contributed by atoms with van der Waals surface area (Å²) in [6, 6.07) is 7.87. The number of likely N-dealkylation sites (tertiary alicyclic amines) is 1. The lowest BCUT2D eigenvalue weighted by Gasteiger charge is -2.28. The number of unbranched alkanes of at least 4 members (excludes halogenated alkanes) is 1. The van der Waals surface area contributed by atoms with E-state index in [1.165, 1.54) is 17.7 Å². The first-order chi connectivity index (χ1) is 17.6. The number of pyridine rings is 1. The van der Waals surface area contributed by atoms with Crippen molar-refractivity contribution >= 4 is 11.8 Å². The average molecular weight is 498 g/mol. The van der Waals surface area contributed by atoms with Crippen molar-refractivity contribution in [1.82, 2.24) is 9.88 Å². The minimum absolute atomic E-state index is 0.0161. The Morgan fingerprint density at radius 1 is 1.25 bits per heavy atom. The molecule has 0 saturated carbocycles. The molecule has 5 rings (SSSR count). The van der Waals surface area contributed by atoms with Crippen molar-refractivity contribution in [3.05, 3.63) is 58.5 Å². The van der Waals surface area contributed by atoms with Gasteiger partial charge >= 0.3 is 5.97 Å². The van der Waals surface area contributed by atoms with Crippen LogP contribution in [-0.4, -0.2) is 59.9 Å². The number of halogens is 1. The first-order valence-electron chi connectivity index (χ1n) is 13.3. The third kappa shape index (κ3) is 5.88. The number of nitrogens with one attached hydrogen (secondary N) is 1. The fraction of sp³-hybridized carbons (Fsp3) is 0.571. The second kappa shape index (κ2) is 11.7. The van der Waals surface area contributed by atoms with Gasteiger partial charge in [-0.3, -0.25) is 9.69 Å². The summed E-state index contributed by atoms with van der Waals surface area (Å²) in [5.41, 5.74) is 3.70. The fourth-order valence-corrected chi connectivity index (χ4v) is 5.68. The molecule has 3 aliphatic heterocycles. The highest BCUT2D eigenvalue weighted by Gasteiger charge is 2.37. The number of carboxylic acid groups (broad SMARTS) is 1. The number of carbonyl (C=O) groups is 1. The summed E-state index contributed by atoms with van der Waals surface area (Å²) in [6.45, 7) is 3.41. The second-order valence-corrected chi connectivity index (χ2v) is 10.1. The van der Waals surface area contributed by atoms with Crippen LogP contribution in [0.15, 0.2) is 30.3 Å². The van der Waals surface area contributed by atoms with E-state index in [2.05, 4.69) is 17.4 Å². The second-order valence-electron chi connectivity index (χ2n) is 10.1. The number of fused-ring (bicyclic) bond motifs is 1. The van der Waals surface area contributed by atoms with Gasteiger partial charge in [-0.25, -0.2) is 9.37 Å². The van der Waals surface area contributed by atoms with Crippen molar-refractivity contribution in [2.45, 2.75) is 69.6 Å². The number of nitrogens with zero attached hydrogens (tertiary/aromatic N) is 2. The van der Waals surface area contributed by atoms with Crippen LogP contribution in [0.2, 0.25) is 0 Å². The molecule has 0 bridgehead atoms. The van der Waals surface area contributed by atoms with Gasteiger partial charge in [0.05, 0.1) is 12.2 Å². The molecule has 36 heavy (non-hydrogen) atoms. The largest absolute Gasteiger partial charge is 0.480 e. The lowest BCUT2D eigenvalue weighted by atomic mass is 9.94. The molecule has 0 radical (unpaired) electrons. The number of rotatable bonds is 10. The molecular weight excluding hydrogens is 461 g/mol. The molecule has 1 aromatic heterocycles. The van der Waals surface area contributed by atoms with Gasteiger partial charge in [0, 0.05) is 38.5 Å². The fourth-order valence-electron chi connectivity index (χ4n) is 5.68. The summed E-state index contributed by atoms with van der Waals surface area (Å²) in [5.74, 6) is -0.350. The quantitative estimate of drug-likeness (QED) is 0.462. The number of anilines is 1. The molecule has 7 nitrogen and oxygen atoms in total. The van der Waals surface area contributed by atoms with Gasteiger partial charge in [-0.05, 0) is 86.3 Å². The van der Waals surface area contributed by atoms with E-state index in [-0.39, 0.29) is 12.2 Å². The van der Waals surface area contributed by atoms with Crippen LogP contribution in [0.3, 0.4) is 0 Å². The van der Waals surface area contributed by atoms with Crippen LogP contribution in [-0.2, 0) is 27.1 Å². The van der Waals surface area contributed by atoms with Gasteiger partial charge in [-0.2, -0.15) is 0 Å². The summed E-state index contributed by atoms with van der Waals surface area (Å²) < 4.78 is 26.1. The van der Waals surface area contributed by atoms with E-state index in [0.29, 0.717) is 31.9 Å². The maximum Gasteiger partial charge on any atom is 0.325 e. The standard InChI is InChI=1S/C28H36FN3O4/c29-20-9-11-23(25-7-4-16-36-25)24(17-20)26(28(33)34)32-14-12-22(18-32)35-15-2-1-6-21-10-8-19-5-3-13-30-27(19)31-21/h8-11,17,22,25-26H,1-7,12-16,18H2,(H,30,31)(H,33,34)/t22-,25?,26+/m1/s1. The smallest absolute Gasteiger partial charge is 0.325 e. The van der Waals surface area contributed by atoms with Gasteiger partial charge in [0.2, 0.25) is 0 Å². The molecule has 3 aliphatic rings. The number of carboxylic acids is 1. The molecule has 2 N–H and O–H groups in total. The molecule has 1 unspecified atom stereocenters. The number of aromatic nitrogens is 1. The summed E-state index contributed by atoms with van der Waals surface area (Å²) in [4.78, 5) is 19.0. The van der Waals surface area contributed by atoms with E-state index in [9.17, 15) is 14.3 Å². The summed E-state index contributed by atoms with van der Waals surface area (Å²) in [5, 5.41) is 13.5. The van der Waals surface area contributed by atoms with E-state index < -0.39 is 17.8 Å². The third-order valence-electron chi connectivity index (χ3n) is 7.53. The molecular formula is C28H36FN3O4. The Labute approximate surface area is 212 Å². The van der Waals surface area contributed by atoms with Crippen LogP contribution < -0.4 is 5.32 Å². The monoisotopic (exact) mass is 497 g/mol. The maximum absolute atomic E-state index is 14.2. The topological polar surface area (TPSA) is 83.9 Å². The minimum Gasteiger partial charge on any atom is -0.480 e. The van der Waals surface area contributed by atoms with Crippen LogP contribution >= 0.6 is 0 Å². The molecule has 8 heteroatoms. The maximum atomic E-state index is 14.2. The number of hydrogen-bond acceptors (Lipinski definition) is 6. The van der Waals surface area contributed by atoms with Crippen LogP contribution in [0.1, 0.15) is 73.1 Å². The summed E-state index contributed by atoms with van der Waals surface area (Å²) in [7, 11) is 0. The molecule has 2 aromatic rings. The van der Waals surface area contributed by atoms with Gasteiger partial charge in [0.15, 0.2) is 0 Å². The van der Waals surface area contributed by atoms with Crippen LogP contribution in [0, 0.1) is 5.82 Å². The molecule has 3 atom stereocenters. The first kappa shape index (κ1) is 25.1. The van der Waals surface area contributed by atoms with Crippen molar-refractivity contribution < 1.29 is 23.8 Å². The zero-order valence-corrected chi connectivity index (χ0v) is 20.8. The molecule has 1 aromatic carbocycles. The van der Waals surface area contributed by atoms with Gasteiger partial charge in [-0.15, -0.1) is 0 Å². The summed E-state index contributed by atoms with van der Waals surface area (Å²) in [6.07, 6.45) is 7.44. The Morgan fingerprint density at radius 3 is 3.00 bits per heavy atom. The number of benzene rings is 1. The molecule has 0 spiro atoms. The molecule has 4 heterocycles. The predicted octanol–water partition coefficient (Wildman–Crippen LogP) is 4.67. The van der Waals surface area contributed by atoms with Crippen molar-refractivity contribution in [2.75, 3.05) is 38.2 Å². The van der Waals surface area contributed by atoms with Crippen molar-refractivity contribution in [2.24, 2.45) is 0 Å². The lowest BCUT2D eigenvalue weighted by Crippen LogP contribution is -2.34. The zero-order valence-electron chi connectivity index (χ0n) is 20.8. The molecule has 0 amide bonds. The lowest BCUT2D eigenvalue weighted by molar-refractivity contribution is -0.143. The Bertz CT molecular complexity index is 1060. The zero-order chi connectivity index (χ0) is 24.9. The first-order valence-corrected chi connectivity index (χ1v) is 13.3. The SMILES string of the molecule is O=C(O)[C@H](c1cc(F)ccc1C1CCCO1)N1CC[C@@H](OCCCCc2ccc3c(n2)NCCC3)C1. The van der Waals surface area contributed by atoms with E-state index in [0.717, 1.165) is 75.0 Å². The normalized spacial score (nSPS) is 22.8. The molecule has 2 saturated heterocycles. The van der Waals surface area contributed by atoms with Crippen molar-refractivity contribution in [3.8, 4) is 0 Å². The number of aliphatic carboxylic acids is 1. The Balaban J connectivity index is 1.12.